The summed E-state index contributed by atoms with van der Waals surface area (Å²) in [5, 5.41) is 0. The van der Waals surface area contributed by atoms with Crippen LogP contribution in [0.3, 0.4) is 0 Å². The minimum Gasteiger partial charge on any atom is -0.352 e. The van der Waals surface area contributed by atoms with Crippen molar-refractivity contribution in [3.8, 4) is 0 Å². The standard InChI is InChI=1S/C8H11BrN2/c9-7-4-3-6(11-7)8(10)5-1-2-5/h3-5,8,11H,1-2,10H2/t8-/m0/s1. The number of hydrogen-bond donors (Lipinski definition) is 2. The second-order valence-corrected chi connectivity index (χ2v) is 3.98. The molecule has 60 valence electrons. The number of rotatable bonds is 2. The Bertz CT molecular complexity index is 252. The molecule has 1 fully saturated rings. The maximum absolute atomic E-state index is 5.96. The first kappa shape index (κ1) is 7.37. The SMILES string of the molecule is N[C@H](c1ccc(Br)[nH]1)C1CC1. The van der Waals surface area contributed by atoms with Crippen molar-refractivity contribution in [2.75, 3.05) is 0 Å². The zero-order chi connectivity index (χ0) is 7.84. The van der Waals surface area contributed by atoms with Crippen LogP contribution in [-0.4, -0.2) is 4.98 Å². The van der Waals surface area contributed by atoms with Crippen LogP contribution < -0.4 is 5.73 Å². The van der Waals surface area contributed by atoms with Gasteiger partial charge in [-0.2, -0.15) is 0 Å². The molecule has 0 radical (unpaired) electrons. The van der Waals surface area contributed by atoms with E-state index in [0.717, 1.165) is 16.2 Å². The van der Waals surface area contributed by atoms with Crippen molar-refractivity contribution in [2.24, 2.45) is 11.7 Å². The molecular formula is C8H11BrN2. The van der Waals surface area contributed by atoms with Gasteiger partial charge in [0.05, 0.1) is 4.60 Å². The van der Waals surface area contributed by atoms with Crippen LogP contribution in [0.25, 0.3) is 0 Å². The van der Waals surface area contributed by atoms with Crippen LogP contribution in [0.2, 0.25) is 0 Å². The van der Waals surface area contributed by atoms with Crippen LogP contribution >= 0.6 is 15.9 Å². The van der Waals surface area contributed by atoms with Crippen molar-refractivity contribution in [2.45, 2.75) is 18.9 Å². The van der Waals surface area contributed by atoms with Crippen molar-refractivity contribution in [1.29, 1.82) is 0 Å². The highest BCUT2D eigenvalue weighted by atomic mass is 79.9. The van der Waals surface area contributed by atoms with Crippen LogP contribution in [-0.2, 0) is 0 Å². The molecule has 11 heavy (non-hydrogen) atoms. The number of hydrogen-bond acceptors (Lipinski definition) is 1. The number of halogens is 1. The van der Waals surface area contributed by atoms with Gasteiger partial charge >= 0.3 is 0 Å². The smallest absolute Gasteiger partial charge is 0.0822 e. The zero-order valence-corrected chi connectivity index (χ0v) is 7.76. The van der Waals surface area contributed by atoms with E-state index in [1.807, 2.05) is 12.1 Å². The molecule has 2 nitrogen and oxygen atoms in total. The molecule has 3 N–H and O–H groups in total. The Balaban J connectivity index is 2.14. The maximum atomic E-state index is 5.96. The van der Waals surface area contributed by atoms with E-state index in [0.29, 0.717) is 0 Å². The predicted octanol–water partition coefficient (Wildman–Crippen LogP) is 2.19. The van der Waals surface area contributed by atoms with Crippen molar-refractivity contribution in [3.05, 3.63) is 22.4 Å². The minimum atomic E-state index is 0.223. The zero-order valence-electron chi connectivity index (χ0n) is 6.18. The fourth-order valence-corrected chi connectivity index (χ4v) is 1.65. The lowest BCUT2D eigenvalue weighted by Crippen LogP contribution is -2.12. The lowest BCUT2D eigenvalue weighted by molar-refractivity contribution is 0.618. The van der Waals surface area contributed by atoms with Crippen LogP contribution in [0.1, 0.15) is 24.6 Å². The molecule has 0 amide bonds. The van der Waals surface area contributed by atoms with Gasteiger partial charge in [0.2, 0.25) is 0 Å². The summed E-state index contributed by atoms with van der Waals surface area (Å²) < 4.78 is 1.02. The predicted molar refractivity (Wildman–Crippen MR) is 48.1 cm³/mol. The number of nitrogens with two attached hydrogens (primary N) is 1. The summed E-state index contributed by atoms with van der Waals surface area (Å²) >= 11 is 3.36. The first-order chi connectivity index (χ1) is 5.27. The van der Waals surface area contributed by atoms with Crippen LogP contribution in [0.4, 0.5) is 0 Å². The third kappa shape index (κ3) is 1.49. The highest BCUT2D eigenvalue weighted by molar-refractivity contribution is 9.10. The van der Waals surface area contributed by atoms with Gasteiger partial charge in [-0.15, -0.1) is 0 Å². The summed E-state index contributed by atoms with van der Waals surface area (Å²) in [5.74, 6) is 0.723. The quantitative estimate of drug-likeness (QED) is 0.779. The molecule has 0 bridgehead atoms. The summed E-state index contributed by atoms with van der Waals surface area (Å²) in [4.78, 5) is 3.19. The van der Waals surface area contributed by atoms with Crippen LogP contribution in [0, 0.1) is 5.92 Å². The van der Waals surface area contributed by atoms with Crippen molar-refractivity contribution >= 4 is 15.9 Å². The van der Waals surface area contributed by atoms with Gasteiger partial charge in [0.25, 0.3) is 0 Å². The second kappa shape index (κ2) is 2.64. The Kier molecular flexibility index (Phi) is 1.77. The highest BCUT2D eigenvalue weighted by Gasteiger charge is 2.30. The van der Waals surface area contributed by atoms with E-state index in [9.17, 15) is 0 Å². The maximum Gasteiger partial charge on any atom is 0.0822 e. The summed E-state index contributed by atoms with van der Waals surface area (Å²) in [6.07, 6.45) is 2.58. The van der Waals surface area contributed by atoms with Crippen LogP contribution in [0.15, 0.2) is 16.7 Å². The average Bonchev–Trinajstić information content (AvgIpc) is 2.74. The molecule has 0 aromatic carbocycles. The number of H-pyrrole nitrogens is 1. The third-order valence-corrected chi connectivity index (χ3v) is 2.62. The van der Waals surface area contributed by atoms with E-state index in [1.54, 1.807) is 0 Å². The number of nitrogens with one attached hydrogen (secondary N) is 1. The second-order valence-electron chi connectivity index (χ2n) is 3.12. The molecular weight excluding hydrogens is 204 g/mol. The molecule has 0 aliphatic heterocycles. The lowest BCUT2D eigenvalue weighted by Gasteiger charge is -2.06. The van der Waals surface area contributed by atoms with E-state index >= 15 is 0 Å². The Morgan fingerprint density at radius 1 is 1.55 bits per heavy atom. The summed E-state index contributed by atoms with van der Waals surface area (Å²) in [5.41, 5.74) is 7.11. The van der Waals surface area contributed by atoms with Gasteiger partial charge in [-0.25, -0.2) is 0 Å². The van der Waals surface area contributed by atoms with Gasteiger partial charge < -0.3 is 10.7 Å². The normalized spacial score (nSPS) is 20.2. The molecule has 0 saturated heterocycles. The van der Waals surface area contributed by atoms with E-state index in [1.165, 1.54) is 12.8 Å². The van der Waals surface area contributed by atoms with Crippen molar-refractivity contribution < 1.29 is 0 Å². The van der Waals surface area contributed by atoms with Gasteiger partial charge in [0.1, 0.15) is 0 Å². The molecule has 2 rings (SSSR count). The topological polar surface area (TPSA) is 41.8 Å². The highest BCUT2D eigenvalue weighted by Crippen LogP contribution is 2.39. The Morgan fingerprint density at radius 2 is 2.27 bits per heavy atom. The summed E-state index contributed by atoms with van der Waals surface area (Å²) in [7, 11) is 0. The Morgan fingerprint density at radius 3 is 2.73 bits per heavy atom. The first-order valence-corrected chi connectivity index (χ1v) is 4.66. The number of aromatic amines is 1. The molecule has 1 aromatic rings. The van der Waals surface area contributed by atoms with Gasteiger partial charge in [0, 0.05) is 11.7 Å². The van der Waals surface area contributed by atoms with Crippen molar-refractivity contribution in [1.82, 2.24) is 4.98 Å². The Labute approximate surface area is 74.3 Å². The van der Waals surface area contributed by atoms with E-state index in [4.69, 9.17) is 5.73 Å². The van der Waals surface area contributed by atoms with E-state index in [2.05, 4.69) is 20.9 Å². The molecule has 1 atom stereocenters. The van der Waals surface area contributed by atoms with Gasteiger partial charge in [-0.3, -0.25) is 0 Å². The largest absolute Gasteiger partial charge is 0.352 e. The monoisotopic (exact) mass is 214 g/mol. The third-order valence-electron chi connectivity index (χ3n) is 2.16. The van der Waals surface area contributed by atoms with Gasteiger partial charge in [-0.1, -0.05) is 0 Å². The summed E-state index contributed by atoms with van der Waals surface area (Å²) in [6.45, 7) is 0. The van der Waals surface area contributed by atoms with Crippen LogP contribution in [0.5, 0.6) is 0 Å². The fraction of sp³-hybridized carbons (Fsp3) is 0.500. The minimum absolute atomic E-state index is 0.223. The fourth-order valence-electron chi connectivity index (χ4n) is 1.29. The molecule has 1 aliphatic carbocycles. The summed E-state index contributed by atoms with van der Waals surface area (Å²) in [6, 6.07) is 4.27. The Hall–Kier alpha value is -0.280. The molecule has 1 heterocycles. The number of aromatic nitrogens is 1. The molecule has 1 aromatic heterocycles. The van der Waals surface area contributed by atoms with Gasteiger partial charge in [0.15, 0.2) is 0 Å². The first-order valence-electron chi connectivity index (χ1n) is 3.87. The van der Waals surface area contributed by atoms with Gasteiger partial charge in [-0.05, 0) is 46.8 Å². The molecule has 0 spiro atoms. The molecule has 1 aliphatic rings. The molecule has 3 heteroatoms. The average molecular weight is 215 g/mol. The lowest BCUT2D eigenvalue weighted by atomic mass is 10.1. The molecule has 0 unspecified atom stereocenters. The van der Waals surface area contributed by atoms with Crippen molar-refractivity contribution in [3.63, 3.8) is 0 Å². The van der Waals surface area contributed by atoms with E-state index < -0.39 is 0 Å². The molecule has 1 saturated carbocycles. The van der Waals surface area contributed by atoms with E-state index in [-0.39, 0.29) is 6.04 Å².